The summed E-state index contributed by atoms with van der Waals surface area (Å²) < 4.78 is 43.8. The lowest BCUT2D eigenvalue weighted by atomic mass is 9.84. The standard InChI is InChI=1S/C23H17F3N4O4/c24-23(25,26)18(12-3-1-2-11(8-12)10-27)19-15-9-13(20(28)32)4-5-14(15)22(34)30(19)16-6-7-17(31)29-21(16)33/h1-5,8-9,16,18-19H,6-7H2,(H2,28,32)(H,29,31,33)/t16?,18-,19?/m1/s1. The van der Waals surface area contributed by atoms with Gasteiger partial charge in [0.05, 0.1) is 17.7 Å². The third-order valence-electron chi connectivity index (χ3n) is 6.01. The number of fused-ring (bicyclic) bond motifs is 1. The first-order valence-electron chi connectivity index (χ1n) is 10.2. The van der Waals surface area contributed by atoms with Crippen molar-refractivity contribution in [1.29, 1.82) is 5.26 Å². The Balaban J connectivity index is 1.95. The van der Waals surface area contributed by atoms with Crippen LogP contribution in [0.1, 0.15) is 62.2 Å². The topological polar surface area (TPSA) is 133 Å². The predicted octanol–water partition coefficient (Wildman–Crippen LogP) is 2.31. The van der Waals surface area contributed by atoms with Gasteiger partial charge in [0.25, 0.3) is 5.91 Å². The molecule has 1 fully saturated rings. The molecule has 3 atom stereocenters. The van der Waals surface area contributed by atoms with Crippen LogP contribution in [0.2, 0.25) is 0 Å². The molecule has 2 aromatic rings. The number of benzene rings is 2. The van der Waals surface area contributed by atoms with E-state index < -0.39 is 47.8 Å². The lowest BCUT2D eigenvalue weighted by Gasteiger charge is -2.39. The van der Waals surface area contributed by atoms with Crippen molar-refractivity contribution in [1.82, 2.24) is 10.2 Å². The van der Waals surface area contributed by atoms with Crippen molar-refractivity contribution in [2.45, 2.75) is 37.0 Å². The molecule has 4 rings (SSSR count). The van der Waals surface area contributed by atoms with Crippen LogP contribution in [0.15, 0.2) is 42.5 Å². The fourth-order valence-electron chi connectivity index (χ4n) is 4.55. The smallest absolute Gasteiger partial charge is 0.366 e. The van der Waals surface area contributed by atoms with Crippen molar-refractivity contribution in [2.24, 2.45) is 5.73 Å². The van der Waals surface area contributed by atoms with Crippen LogP contribution < -0.4 is 11.1 Å². The number of imide groups is 1. The summed E-state index contributed by atoms with van der Waals surface area (Å²) in [5.41, 5.74) is 4.68. The molecule has 2 aromatic carbocycles. The second-order valence-electron chi connectivity index (χ2n) is 8.05. The van der Waals surface area contributed by atoms with Crippen molar-refractivity contribution in [3.8, 4) is 6.07 Å². The van der Waals surface area contributed by atoms with Crippen LogP contribution in [0.4, 0.5) is 13.2 Å². The summed E-state index contributed by atoms with van der Waals surface area (Å²) >= 11 is 0. The molecule has 0 saturated carbocycles. The molecule has 1 saturated heterocycles. The summed E-state index contributed by atoms with van der Waals surface area (Å²) in [6.07, 6.45) is -5.23. The van der Waals surface area contributed by atoms with E-state index in [-0.39, 0.29) is 40.7 Å². The largest absolute Gasteiger partial charge is 0.398 e. The van der Waals surface area contributed by atoms with Gasteiger partial charge >= 0.3 is 6.18 Å². The van der Waals surface area contributed by atoms with Gasteiger partial charge in [-0.05, 0) is 47.9 Å². The Morgan fingerprint density at radius 1 is 1.18 bits per heavy atom. The number of hydrogen-bond acceptors (Lipinski definition) is 5. The van der Waals surface area contributed by atoms with Gasteiger partial charge < -0.3 is 10.6 Å². The first-order chi connectivity index (χ1) is 16.0. The fraction of sp³-hybridized carbons (Fsp3) is 0.261. The van der Waals surface area contributed by atoms with Crippen molar-refractivity contribution >= 4 is 23.6 Å². The second kappa shape index (κ2) is 8.30. The Kier molecular flexibility index (Phi) is 5.61. The van der Waals surface area contributed by atoms with Crippen LogP contribution in [0.25, 0.3) is 0 Å². The molecule has 0 bridgehead atoms. The average Bonchev–Trinajstić information content (AvgIpc) is 3.04. The molecule has 0 radical (unpaired) electrons. The summed E-state index contributed by atoms with van der Waals surface area (Å²) in [7, 11) is 0. The number of carbonyl (C=O) groups excluding carboxylic acids is 4. The molecule has 2 unspecified atom stereocenters. The highest BCUT2D eigenvalue weighted by Gasteiger charge is 2.55. The van der Waals surface area contributed by atoms with Crippen LogP contribution in [-0.4, -0.2) is 40.7 Å². The molecule has 2 aliphatic rings. The number of nitrogens with two attached hydrogens (primary N) is 1. The monoisotopic (exact) mass is 470 g/mol. The molecule has 3 N–H and O–H groups in total. The molecule has 0 aliphatic carbocycles. The minimum absolute atomic E-state index is 0.0188. The predicted molar refractivity (Wildman–Crippen MR) is 110 cm³/mol. The number of halogens is 3. The summed E-state index contributed by atoms with van der Waals surface area (Å²) in [5, 5.41) is 11.3. The third kappa shape index (κ3) is 3.87. The van der Waals surface area contributed by atoms with E-state index in [1.165, 1.54) is 30.3 Å². The van der Waals surface area contributed by atoms with E-state index in [4.69, 9.17) is 5.73 Å². The van der Waals surface area contributed by atoms with Gasteiger partial charge in [-0.15, -0.1) is 0 Å². The molecular weight excluding hydrogens is 453 g/mol. The lowest BCUT2D eigenvalue weighted by molar-refractivity contribution is -0.167. The zero-order valence-corrected chi connectivity index (χ0v) is 17.4. The minimum Gasteiger partial charge on any atom is -0.366 e. The average molecular weight is 470 g/mol. The number of nitriles is 1. The van der Waals surface area contributed by atoms with Crippen molar-refractivity contribution in [2.75, 3.05) is 0 Å². The van der Waals surface area contributed by atoms with Gasteiger partial charge in [-0.3, -0.25) is 24.5 Å². The first-order valence-corrected chi connectivity index (χ1v) is 10.2. The number of carbonyl (C=O) groups is 4. The van der Waals surface area contributed by atoms with E-state index >= 15 is 0 Å². The molecule has 34 heavy (non-hydrogen) atoms. The van der Waals surface area contributed by atoms with Crippen LogP contribution in [0.3, 0.4) is 0 Å². The number of hydrogen-bond donors (Lipinski definition) is 2. The number of primary amides is 1. The van der Waals surface area contributed by atoms with E-state index in [2.05, 4.69) is 5.32 Å². The highest BCUT2D eigenvalue weighted by Crippen LogP contribution is 2.52. The Hall–Kier alpha value is -4.20. The summed E-state index contributed by atoms with van der Waals surface area (Å²) in [4.78, 5) is 50.1. The quantitative estimate of drug-likeness (QED) is 0.662. The van der Waals surface area contributed by atoms with E-state index in [1.54, 1.807) is 6.07 Å². The molecule has 0 aromatic heterocycles. The minimum atomic E-state index is -4.91. The number of nitrogens with one attached hydrogen (secondary N) is 1. The number of alkyl halides is 3. The summed E-state index contributed by atoms with van der Waals surface area (Å²) in [5.74, 6) is -5.55. The summed E-state index contributed by atoms with van der Waals surface area (Å²) in [6.45, 7) is 0. The van der Waals surface area contributed by atoms with E-state index in [1.807, 2.05) is 0 Å². The normalized spacial score (nSPS) is 21.0. The molecule has 2 aliphatic heterocycles. The Labute approximate surface area is 191 Å². The number of amides is 4. The fourth-order valence-corrected chi connectivity index (χ4v) is 4.55. The Bertz CT molecular complexity index is 1270. The van der Waals surface area contributed by atoms with Gasteiger partial charge in [0.2, 0.25) is 17.7 Å². The van der Waals surface area contributed by atoms with Crippen LogP contribution in [-0.2, 0) is 9.59 Å². The zero-order valence-electron chi connectivity index (χ0n) is 17.4. The molecule has 11 heteroatoms. The molecule has 0 spiro atoms. The highest BCUT2D eigenvalue weighted by atomic mass is 19.4. The molecular formula is C23H17F3N4O4. The van der Waals surface area contributed by atoms with Crippen LogP contribution in [0.5, 0.6) is 0 Å². The van der Waals surface area contributed by atoms with E-state index in [9.17, 15) is 37.6 Å². The van der Waals surface area contributed by atoms with E-state index in [0.717, 1.165) is 17.0 Å². The molecule has 8 nitrogen and oxygen atoms in total. The van der Waals surface area contributed by atoms with Gasteiger partial charge in [0.15, 0.2) is 0 Å². The number of rotatable bonds is 4. The van der Waals surface area contributed by atoms with E-state index in [0.29, 0.717) is 0 Å². The van der Waals surface area contributed by atoms with Gasteiger partial charge in [-0.25, -0.2) is 0 Å². The van der Waals surface area contributed by atoms with Gasteiger partial charge in [0.1, 0.15) is 12.0 Å². The second-order valence-corrected chi connectivity index (χ2v) is 8.05. The molecule has 4 amide bonds. The van der Waals surface area contributed by atoms with Gasteiger partial charge in [-0.1, -0.05) is 12.1 Å². The Morgan fingerprint density at radius 3 is 2.53 bits per heavy atom. The first kappa shape index (κ1) is 23.0. The molecule has 2 heterocycles. The summed E-state index contributed by atoms with van der Waals surface area (Å²) in [6, 6.07) is 7.15. The number of piperidine rings is 1. The maximum Gasteiger partial charge on any atom is 0.398 e. The maximum absolute atomic E-state index is 14.6. The van der Waals surface area contributed by atoms with Crippen LogP contribution in [0, 0.1) is 11.3 Å². The van der Waals surface area contributed by atoms with Crippen molar-refractivity contribution in [3.05, 3.63) is 70.3 Å². The maximum atomic E-state index is 14.6. The van der Waals surface area contributed by atoms with Crippen molar-refractivity contribution in [3.63, 3.8) is 0 Å². The molecule has 174 valence electrons. The lowest BCUT2D eigenvalue weighted by Crippen LogP contribution is -2.54. The zero-order chi connectivity index (χ0) is 24.8. The SMILES string of the molecule is N#Cc1cccc([C@H](C2c3cc(C(N)=O)ccc3C(=O)N2C2CCC(=O)NC2=O)C(F)(F)F)c1. The highest BCUT2D eigenvalue weighted by molar-refractivity contribution is 6.06. The van der Waals surface area contributed by atoms with Gasteiger partial charge in [0, 0.05) is 17.5 Å². The van der Waals surface area contributed by atoms with Gasteiger partial charge in [-0.2, -0.15) is 18.4 Å². The van der Waals surface area contributed by atoms with Crippen LogP contribution >= 0.6 is 0 Å². The Morgan fingerprint density at radius 2 is 1.91 bits per heavy atom. The third-order valence-corrected chi connectivity index (χ3v) is 6.01. The van der Waals surface area contributed by atoms with Crippen molar-refractivity contribution < 1.29 is 32.3 Å². The number of nitrogens with zero attached hydrogens (tertiary/aromatic N) is 2.